The van der Waals surface area contributed by atoms with E-state index < -0.39 is 0 Å². The summed E-state index contributed by atoms with van der Waals surface area (Å²) in [7, 11) is 0. The normalized spacial score (nSPS) is 13.8. The third-order valence-electron chi connectivity index (χ3n) is 3.64. The Balaban J connectivity index is 0.00000324. The molecule has 1 atom stereocenters. The van der Waals surface area contributed by atoms with Crippen molar-refractivity contribution in [2.45, 2.75) is 46.6 Å². The lowest BCUT2D eigenvalue weighted by atomic mass is 9.88. The van der Waals surface area contributed by atoms with Gasteiger partial charge >= 0.3 is 0 Å². The Bertz CT molecular complexity index is 412. The van der Waals surface area contributed by atoms with E-state index >= 15 is 0 Å². The summed E-state index contributed by atoms with van der Waals surface area (Å²) < 4.78 is 5.05. The zero-order valence-corrected chi connectivity index (χ0v) is 13.1. The second-order valence-corrected chi connectivity index (χ2v) is 5.30. The number of nitrogens with two attached hydrogens (primary N) is 1. The molecule has 0 radical (unpaired) electrons. The highest BCUT2D eigenvalue weighted by Crippen LogP contribution is 2.17. The smallest absolute Gasteiger partial charge is 0.225 e. The predicted octanol–water partition coefficient (Wildman–Crippen LogP) is 1.75. The second kappa shape index (κ2) is 6.91. The number of rotatable bonds is 5. The SMILES string of the molecule is Cc1noc(C)c1CC(=O)NC(C)(CN)C(C)C.Cl. The largest absolute Gasteiger partial charge is 0.361 e. The summed E-state index contributed by atoms with van der Waals surface area (Å²) in [6.45, 7) is 10.1. The summed E-state index contributed by atoms with van der Waals surface area (Å²) in [5, 5.41) is 6.84. The Morgan fingerprint density at radius 1 is 1.47 bits per heavy atom. The first kappa shape index (κ1) is 17.9. The molecule has 1 aromatic rings. The molecular weight excluding hydrogens is 266 g/mol. The van der Waals surface area contributed by atoms with E-state index in [1.165, 1.54) is 0 Å². The zero-order chi connectivity index (χ0) is 13.9. The van der Waals surface area contributed by atoms with E-state index in [2.05, 4.69) is 10.5 Å². The molecule has 0 bridgehead atoms. The first-order valence-electron chi connectivity index (χ1n) is 6.23. The Morgan fingerprint density at radius 2 is 2.05 bits per heavy atom. The van der Waals surface area contributed by atoms with Crippen LogP contribution in [-0.4, -0.2) is 23.1 Å². The highest BCUT2D eigenvalue weighted by molar-refractivity contribution is 5.85. The molecule has 3 N–H and O–H groups in total. The molecule has 0 fully saturated rings. The maximum absolute atomic E-state index is 12.1. The summed E-state index contributed by atoms with van der Waals surface area (Å²) in [6.07, 6.45) is 0.281. The van der Waals surface area contributed by atoms with E-state index in [-0.39, 0.29) is 36.2 Å². The van der Waals surface area contributed by atoms with E-state index in [0.29, 0.717) is 12.3 Å². The van der Waals surface area contributed by atoms with Crippen LogP contribution < -0.4 is 11.1 Å². The number of aromatic nitrogens is 1. The van der Waals surface area contributed by atoms with Gasteiger partial charge in [0.1, 0.15) is 5.76 Å². The van der Waals surface area contributed by atoms with Gasteiger partial charge in [-0.25, -0.2) is 0 Å². The number of hydrogen-bond donors (Lipinski definition) is 2. The van der Waals surface area contributed by atoms with Crippen molar-refractivity contribution >= 4 is 18.3 Å². The molecule has 110 valence electrons. The Labute approximate surface area is 120 Å². The molecule has 0 saturated heterocycles. The minimum absolute atomic E-state index is 0. The van der Waals surface area contributed by atoms with Gasteiger partial charge in [-0.15, -0.1) is 12.4 Å². The topological polar surface area (TPSA) is 81.2 Å². The van der Waals surface area contributed by atoms with E-state index in [1.807, 2.05) is 34.6 Å². The summed E-state index contributed by atoms with van der Waals surface area (Å²) in [5.74, 6) is 0.920. The molecule has 0 saturated carbocycles. The lowest BCUT2D eigenvalue weighted by molar-refractivity contribution is -0.122. The first-order chi connectivity index (χ1) is 8.30. The quantitative estimate of drug-likeness (QED) is 0.865. The maximum Gasteiger partial charge on any atom is 0.225 e. The molecule has 0 aliphatic rings. The van der Waals surface area contributed by atoms with Crippen LogP contribution >= 0.6 is 12.4 Å². The molecule has 1 heterocycles. The number of nitrogens with one attached hydrogen (secondary N) is 1. The van der Waals surface area contributed by atoms with Gasteiger partial charge in [0.05, 0.1) is 17.7 Å². The van der Waals surface area contributed by atoms with Crippen LogP contribution in [0.5, 0.6) is 0 Å². The average molecular weight is 290 g/mol. The molecule has 1 unspecified atom stereocenters. The Kier molecular flexibility index (Phi) is 6.52. The molecular formula is C13H24ClN3O2. The van der Waals surface area contributed by atoms with Gasteiger partial charge in [0, 0.05) is 12.1 Å². The molecule has 1 aromatic heterocycles. The van der Waals surface area contributed by atoms with Crippen LogP contribution in [0.1, 0.15) is 37.8 Å². The van der Waals surface area contributed by atoms with Crippen molar-refractivity contribution in [3.63, 3.8) is 0 Å². The molecule has 0 spiro atoms. The van der Waals surface area contributed by atoms with Crippen LogP contribution in [0.2, 0.25) is 0 Å². The fourth-order valence-corrected chi connectivity index (χ4v) is 1.71. The van der Waals surface area contributed by atoms with Gasteiger partial charge in [0.15, 0.2) is 0 Å². The van der Waals surface area contributed by atoms with Gasteiger partial charge in [-0.05, 0) is 26.7 Å². The molecule has 1 rings (SSSR count). The lowest BCUT2D eigenvalue weighted by Gasteiger charge is -2.33. The van der Waals surface area contributed by atoms with Crippen molar-refractivity contribution < 1.29 is 9.32 Å². The number of amides is 1. The van der Waals surface area contributed by atoms with Crippen LogP contribution in [0.3, 0.4) is 0 Å². The Morgan fingerprint density at radius 3 is 2.42 bits per heavy atom. The summed E-state index contributed by atoms with van der Waals surface area (Å²) >= 11 is 0. The van der Waals surface area contributed by atoms with E-state index in [0.717, 1.165) is 11.3 Å². The number of halogens is 1. The first-order valence-corrected chi connectivity index (χ1v) is 6.23. The van der Waals surface area contributed by atoms with Crippen LogP contribution in [0.25, 0.3) is 0 Å². The predicted molar refractivity (Wildman–Crippen MR) is 77.4 cm³/mol. The minimum atomic E-state index is -0.379. The van der Waals surface area contributed by atoms with Crippen molar-refractivity contribution in [2.24, 2.45) is 11.7 Å². The van der Waals surface area contributed by atoms with Gasteiger partial charge in [-0.3, -0.25) is 4.79 Å². The van der Waals surface area contributed by atoms with Crippen molar-refractivity contribution in [3.05, 3.63) is 17.0 Å². The fourth-order valence-electron chi connectivity index (χ4n) is 1.71. The molecule has 19 heavy (non-hydrogen) atoms. The van der Waals surface area contributed by atoms with E-state index in [1.54, 1.807) is 0 Å². The van der Waals surface area contributed by atoms with Crippen LogP contribution in [0, 0.1) is 19.8 Å². The third kappa shape index (κ3) is 4.21. The van der Waals surface area contributed by atoms with E-state index in [4.69, 9.17) is 10.3 Å². The van der Waals surface area contributed by atoms with Crippen LogP contribution in [-0.2, 0) is 11.2 Å². The second-order valence-electron chi connectivity index (χ2n) is 5.30. The van der Waals surface area contributed by atoms with Crippen LogP contribution in [0.4, 0.5) is 0 Å². The zero-order valence-electron chi connectivity index (χ0n) is 12.2. The monoisotopic (exact) mass is 289 g/mol. The van der Waals surface area contributed by atoms with Crippen molar-refractivity contribution in [3.8, 4) is 0 Å². The minimum Gasteiger partial charge on any atom is -0.361 e. The number of carbonyl (C=O) groups excluding carboxylic acids is 1. The lowest BCUT2D eigenvalue weighted by Crippen LogP contribution is -2.55. The van der Waals surface area contributed by atoms with Gasteiger partial charge in [-0.1, -0.05) is 19.0 Å². The fraction of sp³-hybridized carbons (Fsp3) is 0.692. The number of carbonyl (C=O) groups is 1. The summed E-state index contributed by atoms with van der Waals surface area (Å²) in [5.41, 5.74) is 6.99. The standard InChI is InChI=1S/C13H23N3O2.ClH/c1-8(2)13(5,7-14)15-12(17)6-11-9(3)16-18-10(11)4;/h8H,6-7,14H2,1-5H3,(H,15,17);1H. The molecule has 6 heteroatoms. The number of nitrogens with zero attached hydrogens (tertiary/aromatic N) is 1. The maximum atomic E-state index is 12.1. The molecule has 0 aromatic carbocycles. The van der Waals surface area contributed by atoms with Crippen LogP contribution in [0.15, 0.2) is 4.52 Å². The Hall–Kier alpha value is -1.07. The molecule has 0 aliphatic carbocycles. The van der Waals surface area contributed by atoms with Crippen molar-refractivity contribution in [1.82, 2.24) is 10.5 Å². The van der Waals surface area contributed by atoms with E-state index in [9.17, 15) is 4.79 Å². The van der Waals surface area contributed by atoms with Gasteiger partial charge < -0.3 is 15.6 Å². The summed E-state index contributed by atoms with van der Waals surface area (Å²) in [4.78, 5) is 12.1. The van der Waals surface area contributed by atoms with Gasteiger partial charge in [0.2, 0.25) is 5.91 Å². The molecule has 5 nitrogen and oxygen atoms in total. The van der Waals surface area contributed by atoms with Crippen molar-refractivity contribution in [2.75, 3.05) is 6.54 Å². The number of hydrogen-bond acceptors (Lipinski definition) is 4. The third-order valence-corrected chi connectivity index (χ3v) is 3.64. The number of aryl methyl sites for hydroxylation is 2. The summed E-state index contributed by atoms with van der Waals surface area (Å²) in [6, 6.07) is 0. The highest BCUT2D eigenvalue weighted by Gasteiger charge is 2.29. The van der Waals surface area contributed by atoms with Gasteiger partial charge in [-0.2, -0.15) is 0 Å². The van der Waals surface area contributed by atoms with Gasteiger partial charge in [0.25, 0.3) is 0 Å². The van der Waals surface area contributed by atoms with Crippen molar-refractivity contribution in [1.29, 1.82) is 0 Å². The molecule has 0 aliphatic heterocycles. The average Bonchev–Trinajstić information content (AvgIpc) is 2.60. The highest BCUT2D eigenvalue weighted by atomic mass is 35.5. The molecule has 1 amide bonds.